The van der Waals surface area contributed by atoms with E-state index in [1.807, 2.05) is 17.7 Å². The smallest absolute Gasteiger partial charge is 0.165 e. The highest BCUT2D eigenvalue weighted by Crippen LogP contribution is 2.20. The first-order valence-electron chi connectivity index (χ1n) is 8.22. The molecule has 1 unspecified atom stereocenters. The van der Waals surface area contributed by atoms with Crippen LogP contribution in [0.15, 0.2) is 24.3 Å². The van der Waals surface area contributed by atoms with Gasteiger partial charge in [0.15, 0.2) is 11.6 Å². The van der Waals surface area contributed by atoms with Crippen LogP contribution >= 0.6 is 0 Å². The second-order valence-corrected chi connectivity index (χ2v) is 6.31. The summed E-state index contributed by atoms with van der Waals surface area (Å²) in [5.41, 5.74) is 3.11. The van der Waals surface area contributed by atoms with E-state index in [-0.39, 0.29) is 17.7 Å². The van der Waals surface area contributed by atoms with E-state index in [0.717, 1.165) is 36.6 Å². The van der Waals surface area contributed by atoms with Crippen molar-refractivity contribution in [1.29, 1.82) is 0 Å². The van der Waals surface area contributed by atoms with Gasteiger partial charge in [-0.1, -0.05) is 6.07 Å². The third kappa shape index (κ3) is 3.94. The highest BCUT2D eigenvalue weighted by atomic mass is 19.1. The Morgan fingerprint density at radius 2 is 2.17 bits per heavy atom. The zero-order valence-corrected chi connectivity index (χ0v) is 14.5. The quantitative estimate of drug-likeness (QED) is 0.843. The predicted molar refractivity (Wildman–Crippen MR) is 89.7 cm³/mol. The van der Waals surface area contributed by atoms with Crippen LogP contribution in [0.3, 0.4) is 0 Å². The SMILES string of the molecule is COc1ccc(CN2CCOC(Cn3nc(C)cc3C)C2)cc1F. The second kappa shape index (κ2) is 7.32. The lowest BCUT2D eigenvalue weighted by Crippen LogP contribution is -2.43. The number of morpholine rings is 1. The average Bonchev–Trinajstić information content (AvgIpc) is 2.85. The van der Waals surface area contributed by atoms with Crippen LogP contribution in [0.5, 0.6) is 5.75 Å². The first-order valence-corrected chi connectivity index (χ1v) is 8.22. The number of hydrogen-bond acceptors (Lipinski definition) is 4. The minimum absolute atomic E-state index is 0.0971. The van der Waals surface area contributed by atoms with E-state index in [0.29, 0.717) is 13.2 Å². The Hall–Kier alpha value is -1.92. The fraction of sp³-hybridized carbons (Fsp3) is 0.500. The van der Waals surface area contributed by atoms with Gasteiger partial charge in [0.2, 0.25) is 0 Å². The molecule has 130 valence electrons. The summed E-state index contributed by atoms with van der Waals surface area (Å²) in [5, 5.41) is 4.50. The van der Waals surface area contributed by atoms with Crippen LogP contribution in [0.25, 0.3) is 0 Å². The molecule has 0 amide bonds. The van der Waals surface area contributed by atoms with E-state index < -0.39 is 0 Å². The first kappa shape index (κ1) is 16.9. The minimum atomic E-state index is -0.317. The summed E-state index contributed by atoms with van der Waals surface area (Å²) >= 11 is 0. The zero-order chi connectivity index (χ0) is 17.1. The van der Waals surface area contributed by atoms with Gasteiger partial charge in [-0.15, -0.1) is 0 Å². The highest BCUT2D eigenvalue weighted by molar-refractivity contribution is 5.29. The molecule has 1 aromatic heterocycles. The summed E-state index contributed by atoms with van der Waals surface area (Å²) in [6.45, 7) is 7.84. The van der Waals surface area contributed by atoms with Gasteiger partial charge in [0.25, 0.3) is 0 Å². The molecule has 0 bridgehead atoms. The van der Waals surface area contributed by atoms with Crippen molar-refractivity contribution in [3.8, 4) is 5.75 Å². The Morgan fingerprint density at radius 3 is 2.83 bits per heavy atom. The van der Waals surface area contributed by atoms with Crippen LogP contribution in [-0.2, 0) is 17.8 Å². The van der Waals surface area contributed by atoms with Crippen LogP contribution in [0.2, 0.25) is 0 Å². The summed E-state index contributed by atoms with van der Waals surface area (Å²) in [7, 11) is 1.48. The van der Waals surface area contributed by atoms with Crippen molar-refractivity contribution in [3.63, 3.8) is 0 Å². The van der Waals surface area contributed by atoms with Crippen LogP contribution in [-0.4, -0.2) is 47.6 Å². The van der Waals surface area contributed by atoms with E-state index in [1.54, 1.807) is 12.1 Å². The van der Waals surface area contributed by atoms with Crippen LogP contribution in [0.4, 0.5) is 4.39 Å². The molecule has 1 aliphatic heterocycles. The summed E-state index contributed by atoms with van der Waals surface area (Å²) < 4.78 is 26.7. The van der Waals surface area contributed by atoms with Gasteiger partial charge < -0.3 is 9.47 Å². The van der Waals surface area contributed by atoms with Crippen LogP contribution in [0, 0.1) is 19.7 Å². The van der Waals surface area contributed by atoms with Gasteiger partial charge >= 0.3 is 0 Å². The maximum atomic E-state index is 13.8. The van der Waals surface area contributed by atoms with Gasteiger partial charge in [-0.2, -0.15) is 5.10 Å². The molecule has 24 heavy (non-hydrogen) atoms. The van der Waals surface area contributed by atoms with Crippen molar-refractivity contribution in [2.75, 3.05) is 26.8 Å². The van der Waals surface area contributed by atoms with E-state index in [2.05, 4.69) is 23.0 Å². The first-order chi connectivity index (χ1) is 11.5. The maximum absolute atomic E-state index is 13.8. The van der Waals surface area contributed by atoms with E-state index in [9.17, 15) is 4.39 Å². The summed E-state index contributed by atoms with van der Waals surface area (Å²) in [6.07, 6.45) is 0.0971. The standard InChI is InChI=1S/C18H24FN3O2/c1-13-8-14(2)22(20-13)12-16-11-21(6-7-24-16)10-15-4-5-18(23-3)17(19)9-15/h4-5,8-9,16H,6-7,10-12H2,1-3H3. The van der Waals surface area contributed by atoms with Crippen molar-refractivity contribution < 1.29 is 13.9 Å². The third-order valence-corrected chi connectivity index (χ3v) is 4.33. The fourth-order valence-electron chi connectivity index (χ4n) is 3.15. The zero-order valence-electron chi connectivity index (χ0n) is 14.5. The highest BCUT2D eigenvalue weighted by Gasteiger charge is 2.22. The van der Waals surface area contributed by atoms with Gasteiger partial charge in [0, 0.05) is 25.3 Å². The number of aryl methyl sites for hydroxylation is 2. The van der Waals surface area contributed by atoms with Crippen molar-refractivity contribution in [2.24, 2.45) is 0 Å². The molecule has 1 fully saturated rings. The van der Waals surface area contributed by atoms with Crippen molar-refractivity contribution in [1.82, 2.24) is 14.7 Å². The Morgan fingerprint density at radius 1 is 1.33 bits per heavy atom. The number of rotatable bonds is 5. The number of methoxy groups -OCH3 is 1. The van der Waals surface area contributed by atoms with Crippen LogP contribution in [0.1, 0.15) is 17.0 Å². The molecule has 1 aromatic carbocycles. The molecule has 2 aromatic rings. The number of ether oxygens (including phenoxy) is 2. The number of aromatic nitrogens is 2. The number of hydrogen-bond donors (Lipinski definition) is 0. The van der Waals surface area contributed by atoms with E-state index >= 15 is 0 Å². The molecule has 0 N–H and O–H groups in total. The molecular formula is C18H24FN3O2. The van der Waals surface area contributed by atoms with E-state index in [1.165, 1.54) is 7.11 Å². The molecule has 0 spiro atoms. The van der Waals surface area contributed by atoms with Crippen molar-refractivity contribution in [2.45, 2.75) is 33.0 Å². The average molecular weight is 333 g/mol. The number of halogens is 1. The Bertz CT molecular complexity index is 702. The second-order valence-electron chi connectivity index (χ2n) is 6.31. The molecule has 1 saturated heterocycles. The topological polar surface area (TPSA) is 39.5 Å². The van der Waals surface area contributed by atoms with Crippen LogP contribution < -0.4 is 4.74 Å². The lowest BCUT2D eigenvalue weighted by Gasteiger charge is -2.33. The molecule has 0 radical (unpaired) electrons. The molecule has 3 rings (SSSR count). The third-order valence-electron chi connectivity index (χ3n) is 4.33. The van der Waals surface area contributed by atoms with Gasteiger partial charge in [-0.25, -0.2) is 4.39 Å². The normalized spacial score (nSPS) is 18.8. The minimum Gasteiger partial charge on any atom is -0.494 e. The largest absolute Gasteiger partial charge is 0.494 e. The van der Waals surface area contributed by atoms with Gasteiger partial charge in [-0.3, -0.25) is 9.58 Å². The molecule has 0 aliphatic carbocycles. The Labute approximate surface area is 142 Å². The molecule has 2 heterocycles. The summed E-state index contributed by atoms with van der Waals surface area (Å²) in [4.78, 5) is 2.29. The molecule has 1 aliphatic rings. The maximum Gasteiger partial charge on any atom is 0.165 e. The molecular weight excluding hydrogens is 309 g/mol. The summed E-state index contributed by atoms with van der Waals surface area (Å²) in [6, 6.07) is 7.21. The Kier molecular flexibility index (Phi) is 5.16. The van der Waals surface area contributed by atoms with Crippen molar-refractivity contribution >= 4 is 0 Å². The molecule has 1 atom stereocenters. The lowest BCUT2D eigenvalue weighted by atomic mass is 10.1. The molecule has 6 heteroatoms. The molecule has 0 saturated carbocycles. The monoisotopic (exact) mass is 333 g/mol. The molecule has 5 nitrogen and oxygen atoms in total. The Balaban J connectivity index is 1.61. The fourth-order valence-corrected chi connectivity index (χ4v) is 3.15. The number of nitrogens with zero attached hydrogens (tertiary/aromatic N) is 3. The van der Waals surface area contributed by atoms with Crippen molar-refractivity contribution in [3.05, 3.63) is 47.0 Å². The number of benzene rings is 1. The van der Waals surface area contributed by atoms with Gasteiger partial charge in [0.1, 0.15) is 0 Å². The lowest BCUT2D eigenvalue weighted by molar-refractivity contribution is -0.0405. The predicted octanol–water partition coefficient (Wildman–Crippen LogP) is 2.55. The van der Waals surface area contributed by atoms with Gasteiger partial charge in [0.05, 0.1) is 32.1 Å². The summed E-state index contributed by atoms with van der Waals surface area (Å²) in [5.74, 6) is -0.0365. The van der Waals surface area contributed by atoms with Gasteiger partial charge in [-0.05, 0) is 37.6 Å². The van der Waals surface area contributed by atoms with E-state index in [4.69, 9.17) is 9.47 Å².